The number of aromatic nitrogens is 1. The van der Waals surface area contributed by atoms with E-state index in [4.69, 9.17) is 10.6 Å². The van der Waals surface area contributed by atoms with Crippen LogP contribution in [0.3, 0.4) is 0 Å². The summed E-state index contributed by atoms with van der Waals surface area (Å²) in [6, 6.07) is 7.76. The van der Waals surface area contributed by atoms with E-state index in [1.54, 1.807) is 5.38 Å². The first-order chi connectivity index (χ1) is 8.69. The second kappa shape index (κ2) is 5.61. The van der Waals surface area contributed by atoms with Crippen molar-refractivity contribution in [1.29, 1.82) is 0 Å². The Kier molecular flexibility index (Phi) is 3.91. The van der Waals surface area contributed by atoms with Crippen molar-refractivity contribution in [1.82, 2.24) is 10.4 Å². The number of carbonyl (C=O) groups excluding carboxylic acids is 1. The van der Waals surface area contributed by atoms with Gasteiger partial charge >= 0.3 is 0 Å². The molecule has 0 saturated carbocycles. The molecule has 0 fully saturated rings. The van der Waals surface area contributed by atoms with E-state index in [0.717, 1.165) is 11.3 Å². The van der Waals surface area contributed by atoms with Gasteiger partial charge in [-0.15, -0.1) is 11.3 Å². The van der Waals surface area contributed by atoms with Gasteiger partial charge < -0.3 is 4.74 Å². The number of carbonyl (C=O) groups is 1. The number of hydrogen-bond donors (Lipinski definition) is 2. The van der Waals surface area contributed by atoms with Crippen LogP contribution >= 0.6 is 11.3 Å². The van der Waals surface area contributed by atoms with Gasteiger partial charge in [-0.2, -0.15) is 0 Å². The number of rotatable bonds is 4. The summed E-state index contributed by atoms with van der Waals surface area (Å²) in [6.07, 6.45) is 0. The van der Waals surface area contributed by atoms with E-state index in [9.17, 15) is 4.79 Å². The number of thiazole rings is 1. The van der Waals surface area contributed by atoms with Crippen LogP contribution in [-0.2, 0) is 6.61 Å². The molecule has 0 bridgehead atoms. The highest BCUT2D eigenvalue weighted by Gasteiger charge is 2.09. The first-order valence-electron chi connectivity index (χ1n) is 5.34. The Balaban J connectivity index is 1.98. The van der Waals surface area contributed by atoms with Crippen LogP contribution in [0.5, 0.6) is 5.75 Å². The van der Waals surface area contributed by atoms with Crippen LogP contribution in [0.25, 0.3) is 0 Å². The maximum atomic E-state index is 11.2. The molecule has 0 saturated heterocycles. The largest absolute Gasteiger partial charge is 0.487 e. The number of hydrazine groups is 1. The molecule has 6 heteroatoms. The van der Waals surface area contributed by atoms with Gasteiger partial charge in [-0.3, -0.25) is 10.2 Å². The minimum atomic E-state index is -0.387. The maximum absolute atomic E-state index is 11.2. The standard InChI is InChI=1S/C12H13N3O2S/c1-8-3-2-4-10(5-8)17-6-9-7-18-12(14-9)11(16)15-13/h2-5,7H,6,13H2,1H3,(H,15,16). The van der Waals surface area contributed by atoms with Gasteiger partial charge in [-0.1, -0.05) is 12.1 Å². The molecule has 0 spiro atoms. The number of nitrogens with zero attached hydrogens (tertiary/aromatic N) is 1. The predicted molar refractivity (Wildman–Crippen MR) is 69.3 cm³/mol. The van der Waals surface area contributed by atoms with Gasteiger partial charge in [-0.05, 0) is 24.6 Å². The third kappa shape index (κ3) is 3.06. The Labute approximate surface area is 109 Å². The summed E-state index contributed by atoms with van der Waals surface area (Å²) in [4.78, 5) is 15.3. The summed E-state index contributed by atoms with van der Waals surface area (Å²) in [6.45, 7) is 2.33. The van der Waals surface area contributed by atoms with E-state index in [1.807, 2.05) is 36.6 Å². The highest BCUT2D eigenvalue weighted by molar-refractivity contribution is 7.11. The topological polar surface area (TPSA) is 77.2 Å². The monoisotopic (exact) mass is 263 g/mol. The van der Waals surface area contributed by atoms with Crippen LogP contribution in [-0.4, -0.2) is 10.9 Å². The van der Waals surface area contributed by atoms with Crippen LogP contribution in [0, 0.1) is 6.92 Å². The third-order valence-electron chi connectivity index (χ3n) is 2.25. The molecule has 0 aliphatic carbocycles. The summed E-state index contributed by atoms with van der Waals surface area (Å²) in [5, 5.41) is 2.11. The zero-order valence-corrected chi connectivity index (χ0v) is 10.7. The van der Waals surface area contributed by atoms with Crippen LogP contribution in [0.1, 0.15) is 21.1 Å². The molecule has 0 radical (unpaired) electrons. The van der Waals surface area contributed by atoms with E-state index in [0.29, 0.717) is 17.3 Å². The predicted octanol–water partition coefficient (Wildman–Crippen LogP) is 1.63. The Hall–Kier alpha value is -1.92. The van der Waals surface area contributed by atoms with Gasteiger partial charge in [0.2, 0.25) is 0 Å². The molecule has 1 aromatic heterocycles. The fraction of sp³-hybridized carbons (Fsp3) is 0.167. The summed E-state index contributed by atoms with van der Waals surface area (Å²) in [5.41, 5.74) is 3.89. The lowest BCUT2D eigenvalue weighted by Crippen LogP contribution is -2.29. The molecule has 1 aromatic carbocycles. The van der Waals surface area contributed by atoms with E-state index < -0.39 is 0 Å². The number of nitrogens with two attached hydrogens (primary N) is 1. The van der Waals surface area contributed by atoms with Crippen molar-refractivity contribution in [2.75, 3.05) is 0 Å². The van der Waals surface area contributed by atoms with Gasteiger partial charge in [0, 0.05) is 5.38 Å². The van der Waals surface area contributed by atoms with Gasteiger partial charge in [-0.25, -0.2) is 10.8 Å². The van der Waals surface area contributed by atoms with Crippen LogP contribution in [0.2, 0.25) is 0 Å². The lowest BCUT2D eigenvalue weighted by Gasteiger charge is -2.04. The zero-order chi connectivity index (χ0) is 13.0. The first kappa shape index (κ1) is 12.5. The second-order valence-electron chi connectivity index (χ2n) is 3.72. The lowest BCUT2D eigenvalue weighted by atomic mass is 10.2. The number of amides is 1. The highest BCUT2D eigenvalue weighted by Crippen LogP contribution is 2.15. The van der Waals surface area contributed by atoms with Crippen LogP contribution in [0.15, 0.2) is 29.6 Å². The first-order valence-corrected chi connectivity index (χ1v) is 6.22. The summed E-state index contributed by atoms with van der Waals surface area (Å²) >= 11 is 1.24. The SMILES string of the molecule is Cc1cccc(OCc2csc(C(=O)NN)n2)c1. The van der Waals surface area contributed by atoms with Crippen LogP contribution < -0.4 is 16.0 Å². The zero-order valence-electron chi connectivity index (χ0n) is 9.84. The molecular weight excluding hydrogens is 250 g/mol. The number of benzene rings is 1. The molecule has 5 nitrogen and oxygen atoms in total. The number of nitrogen functional groups attached to an aromatic ring is 1. The van der Waals surface area contributed by atoms with E-state index in [-0.39, 0.29) is 5.91 Å². The van der Waals surface area contributed by atoms with Gasteiger partial charge in [0.15, 0.2) is 5.01 Å². The van der Waals surface area contributed by atoms with Crippen molar-refractivity contribution >= 4 is 17.2 Å². The fourth-order valence-electron chi connectivity index (χ4n) is 1.40. The lowest BCUT2D eigenvalue weighted by molar-refractivity contribution is 0.0953. The molecule has 94 valence electrons. The van der Waals surface area contributed by atoms with E-state index in [1.165, 1.54) is 11.3 Å². The minimum Gasteiger partial charge on any atom is -0.487 e. The molecule has 1 heterocycles. The molecule has 3 N–H and O–H groups in total. The average molecular weight is 263 g/mol. The van der Waals surface area contributed by atoms with Crippen molar-refractivity contribution in [3.8, 4) is 5.75 Å². The molecule has 2 aromatic rings. The van der Waals surface area contributed by atoms with E-state index in [2.05, 4.69) is 4.98 Å². The van der Waals surface area contributed by atoms with Gasteiger partial charge in [0.05, 0.1) is 5.69 Å². The normalized spacial score (nSPS) is 10.1. The van der Waals surface area contributed by atoms with Crippen LogP contribution in [0.4, 0.5) is 0 Å². The molecule has 0 aliphatic heterocycles. The van der Waals surface area contributed by atoms with Gasteiger partial charge in [0.1, 0.15) is 12.4 Å². The molecule has 0 unspecified atom stereocenters. The number of hydrogen-bond acceptors (Lipinski definition) is 5. The summed E-state index contributed by atoms with van der Waals surface area (Å²) in [5.74, 6) is 5.43. The van der Waals surface area contributed by atoms with Crippen molar-refractivity contribution in [2.45, 2.75) is 13.5 Å². The Morgan fingerprint density at radius 3 is 3.11 bits per heavy atom. The molecule has 0 atom stereocenters. The third-order valence-corrected chi connectivity index (χ3v) is 3.14. The van der Waals surface area contributed by atoms with Gasteiger partial charge in [0.25, 0.3) is 5.91 Å². The number of aryl methyl sites for hydroxylation is 1. The van der Waals surface area contributed by atoms with Crippen molar-refractivity contribution < 1.29 is 9.53 Å². The van der Waals surface area contributed by atoms with Crippen molar-refractivity contribution in [3.63, 3.8) is 0 Å². The van der Waals surface area contributed by atoms with Crippen molar-refractivity contribution in [2.24, 2.45) is 5.84 Å². The molecule has 2 rings (SSSR count). The smallest absolute Gasteiger partial charge is 0.294 e. The number of ether oxygens (including phenoxy) is 1. The Morgan fingerprint density at radius 1 is 1.56 bits per heavy atom. The quantitative estimate of drug-likeness (QED) is 0.499. The Morgan fingerprint density at radius 2 is 2.39 bits per heavy atom. The summed E-state index contributed by atoms with van der Waals surface area (Å²) in [7, 11) is 0. The second-order valence-corrected chi connectivity index (χ2v) is 4.58. The minimum absolute atomic E-state index is 0.331. The molecule has 1 amide bonds. The summed E-state index contributed by atoms with van der Waals surface area (Å²) < 4.78 is 5.58. The molecular formula is C12H13N3O2S. The molecule has 0 aliphatic rings. The average Bonchev–Trinajstić information content (AvgIpc) is 2.84. The fourth-order valence-corrected chi connectivity index (χ4v) is 2.11. The maximum Gasteiger partial charge on any atom is 0.294 e. The highest BCUT2D eigenvalue weighted by atomic mass is 32.1. The van der Waals surface area contributed by atoms with E-state index >= 15 is 0 Å². The molecule has 18 heavy (non-hydrogen) atoms. The number of nitrogens with one attached hydrogen (secondary N) is 1. The van der Waals surface area contributed by atoms with Crippen molar-refractivity contribution in [3.05, 3.63) is 45.9 Å². The Bertz CT molecular complexity index is 554.